The van der Waals surface area contributed by atoms with Crippen LogP contribution in [0.2, 0.25) is 0 Å². The smallest absolute Gasteiger partial charge is 0.228 e. The molecule has 3 unspecified atom stereocenters. The van der Waals surface area contributed by atoms with E-state index in [2.05, 4.69) is 24.0 Å². The summed E-state index contributed by atoms with van der Waals surface area (Å²) in [5, 5.41) is 5.02. The molecule has 2 N–H and O–H groups in total. The largest absolute Gasteiger partial charge is 0.339 e. The SMILES string of the molecule is CCC(N)Cc1nc(C2SCCSC2C)no1. The van der Waals surface area contributed by atoms with E-state index in [9.17, 15) is 0 Å². The highest BCUT2D eigenvalue weighted by Gasteiger charge is 2.28. The van der Waals surface area contributed by atoms with E-state index in [4.69, 9.17) is 10.3 Å². The van der Waals surface area contributed by atoms with Gasteiger partial charge in [0, 0.05) is 29.2 Å². The molecule has 0 bridgehead atoms. The van der Waals surface area contributed by atoms with E-state index >= 15 is 0 Å². The Morgan fingerprint density at radius 2 is 2.24 bits per heavy atom. The fraction of sp³-hybridized carbons (Fsp3) is 0.818. The van der Waals surface area contributed by atoms with Crippen LogP contribution in [0, 0.1) is 0 Å². The maximum atomic E-state index is 5.88. The van der Waals surface area contributed by atoms with Crippen LogP contribution in [0.3, 0.4) is 0 Å². The summed E-state index contributed by atoms with van der Waals surface area (Å²) in [5.74, 6) is 3.90. The van der Waals surface area contributed by atoms with Crippen LogP contribution in [0.25, 0.3) is 0 Å². The molecule has 1 fully saturated rings. The van der Waals surface area contributed by atoms with Crippen molar-refractivity contribution in [3.8, 4) is 0 Å². The molecule has 0 aromatic carbocycles. The van der Waals surface area contributed by atoms with E-state index in [0.29, 0.717) is 22.8 Å². The van der Waals surface area contributed by atoms with Crippen LogP contribution >= 0.6 is 23.5 Å². The third kappa shape index (κ3) is 3.39. The standard InChI is InChI=1S/C11H19N3OS2/c1-3-8(12)6-9-13-11(14-15-9)10-7(2)16-4-5-17-10/h7-8,10H,3-6,12H2,1-2H3. The van der Waals surface area contributed by atoms with Gasteiger partial charge < -0.3 is 10.3 Å². The molecule has 17 heavy (non-hydrogen) atoms. The molecular formula is C11H19N3OS2. The summed E-state index contributed by atoms with van der Waals surface area (Å²) >= 11 is 3.91. The van der Waals surface area contributed by atoms with Gasteiger partial charge in [-0.2, -0.15) is 16.7 Å². The predicted molar refractivity (Wildman–Crippen MR) is 73.4 cm³/mol. The first-order valence-electron chi connectivity index (χ1n) is 6.02. The second-order valence-corrected chi connectivity index (χ2v) is 7.02. The second-order valence-electron chi connectivity index (χ2n) is 4.29. The number of rotatable bonds is 4. The fourth-order valence-electron chi connectivity index (χ4n) is 1.75. The number of hydrogen-bond acceptors (Lipinski definition) is 6. The maximum absolute atomic E-state index is 5.88. The highest BCUT2D eigenvalue weighted by atomic mass is 32.2. The summed E-state index contributed by atoms with van der Waals surface area (Å²) in [7, 11) is 0. The molecule has 6 heteroatoms. The third-order valence-corrected chi connectivity index (χ3v) is 5.97. The summed E-state index contributed by atoms with van der Waals surface area (Å²) in [6.45, 7) is 4.30. The molecule has 2 rings (SSSR count). The molecule has 1 aliphatic heterocycles. The molecule has 0 spiro atoms. The van der Waals surface area contributed by atoms with Crippen molar-refractivity contribution in [1.29, 1.82) is 0 Å². The van der Waals surface area contributed by atoms with Gasteiger partial charge in [-0.05, 0) is 6.42 Å². The van der Waals surface area contributed by atoms with Crippen LogP contribution in [0.4, 0.5) is 0 Å². The Balaban J connectivity index is 2.01. The van der Waals surface area contributed by atoms with Gasteiger partial charge in [-0.25, -0.2) is 0 Å². The molecule has 0 radical (unpaired) electrons. The lowest BCUT2D eigenvalue weighted by molar-refractivity contribution is 0.362. The van der Waals surface area contributed by atoms with Crippen LogP contribution in [0.15, 0.2) is 4.52 Å². The topological polar surface area (TPSA) is 64.9 Å². The molecule has 3 atom stereocenters. The second kappa shape index (κ2) is 6.11. The number of hydrogen-bond donors (Lipinski definition) is 1. The molecule has 1 aliphatic rings. The van der Waals surface area contributed by atoms with Gasteiger partial charge in [0.25, 0.3) is 0 Å². The molecule has 1 saturated heterocycles. The predicted octanol–water partition coefficient (Wildman–Crippen LogP) is 2.26. The van der Waals surface area contributed by atoms with Crippen molar-refractivity contribution < 1.29 is 4.52 Å². The van der Waals surface area contributed by atoms with Gasteiger partial charge in [0.2, 0.25) is 5.89 Å². The molecular weight excluding hydrogens is 254 g/mol. The minimum atomic E-state index is 0.120. The fourth-order valence-corrected chi connectivity index (χ4v) is 4.43. The lowest BCUT2D eigenvalue weighted by Gasteiger charge is -2.24. The lowest BCUT2D eigenvalue weighted by atomic mass is 10.2. The van der Waals surface area contributed by atoms with Crippen molar-refractivity contribution in [2.75, 3.05) is 11.5 Å². The van der Waals surface area contributed by atoms with Crippen molar-refractivity contribution >= 4 is 23.5 Å². The van der Waals surface area contributed by atoms with Crippen LogP contribution in [-0.4, -0.2) is 32.9 Å². The number of thioether (sulfide) groups is 2. The maximum Gasteiger partial charge on any atom is 0.228 e. The molecule has 1 aromatic rings. The van der Waals surface area contributed by atoms with E-state index in [1.807, 2.05) is 23.5 Å². The molecule has 0 saturated carbocycles. The first kappa shape index (κ1) is 13.2. The molecule has 4 nitrogen and oxygen atoms in total. The Bertz CT molecular complexity index is 358. The van der Waals surface area contributed by atoms with Crippen LogP contribution < -0.4 is 5.73 Å². The molecule has 0 amide bonds. The Labute approximate surface area is 110 Å². The van der Waals surface area contributed by atoms with E-state index in [0.717, 1.165) is 18.0 Å². The van der Waals surface area contributed by atoms with E-state index in [-0.39, 0.29) is 6.04 Å². The average molecular weight is 273 g/mol. The van der Waals surface area contributed by atoms with Crippen molar-refractivity contribution in [1.82, 2.24) is 10.1 Å². The monoisotopic (exact) mass is 273 g/mol. The van der Waals surface area contributed by atoms with E-state index in [1.165, 1.54) is 5.75 Å². The number of aromatic nitrogens is 2. The first-order chi connectivity index (χ1) is 8.20. The van der Waals surface area contributed by atoms with Crippen LogP contribution in [0.5, 0.6) is 0 Å². The molecule has 2 heterocycles. The van der Waals surface area contributed by atoms with Crippen molar-refractivity contribution in [3.05, 3.63) is 11.7 Å². The van der Waals surface area contributed by atoms with Gasteiger partial charge in [-0.15, -0.1) is 11.8 Å². The first-order valence-corrected chi connectivity index (χ1v) is 8.11. The highest BCUT2D eigenvalue weighted by molar-refractivity contribution is 8.06. The highest BCUT2D eigenvalue weighted by Crippen LogP contribution is 2.41. The third-order valence-electron chi connectivity index (χ3n) is 2.89. The Morgan fingerprint density at radius 3 is 2.94 bits per heavy atom. The summed E-state index contributed by atoms with van der Waals surface area (Å²) < 4.78 is 5.27. The zero-order valence-corrected chi connectivity index (χ0v) is 11.9. The lowest BCUT2D eigenvalue weighted by Crippen LogP contribution is -2.21. The van der Waals surface area contributed by atoms with Crippen molar-refractivity contribution in [3.63, 3.8) is 0 Å². The van der Waals surface area contributed by atoms with E-state index in [1.54, 1.807) is 0 Å². The van der Waals surface area contributed by atoms with Gasteiger partial charge in [-0.1, -0.05) is 19.0 Å². The van der Waals surface area contributed by atoms with Gasteiger partial charge in [-0.3, -0.25) is 0 Å². The number of nitrogens with zero attached hydrogens (tertiary/aromatic N) is 2. The molecule has 1 aromatic heterocycles. The Hall–Kier alpha value is -0.200. The van der Waals surface area contributed by atoms with Crippen molar-refractivity contribution in [2.45, 2.75) is 43.2 Å². The minimum absolute atomic E-state index is 0.120. The Kier molecular flexibility index (Phi) is 4.76. The van der Waals surface area contributed by atoms with Crippen LogP contribution in [0.1, 0.15) is 37.2 Å². The molecule has 0 aliphatic carbocycles. The zero-order chi connectivity index (χ0) is 12.3. The average Bonchev–Trinajstić information content (AvgIpc) is 2.78. The zero-order valence-electron chi connectivity index (χ0n) is 10.3. The quantitative estimate of drug-likeness (QED) is 0.908. The minimum Gasteiger partial charge on any atom is -0.339 e. The Morgan fingerprint density at radius 1 is 1.47 bits per heavy atom. The summed E-state index contributed by atoms with van der Waals surface area (Å²) in [6, 6.07) is 0.120. The van der Waals surface area contributed by atoms with Gasteiger partial charge in [0.05, 0.1) is 5.25 Å². The summed E-state index contributed by atoms with van der Waals surface area (Å²) in [6.07, 6.45) is 1.62. The van der Waals surface area contributed by atoms with Gasteiger partial charge in [0.1, 0.15) is 0 Å². The normalized spacial score (nSPS) is 27.0. The van der Waals surface area contributed by atoms with Gasteiger partial charge in [0.15, 0.2) is 5.82 Å². The summed E-state index contributed by atoms with van der Waals surface area (Å²) in [5.41, 5.74) is 5.88. The number of nitrogens with two attached hydrogens (primary N) is 1. The molecule has 96 valence electrons. The van der Waals surface area contributed by atoms with Crippen molar-refractivity contribution in [2.24, 2.45) is 5.73 Å². The van der Waals surface area contributed by atoms with E-state index < -0.39 is 0 Å². The summed E-state index contributed by atoms with van der Waals surface area (Å²) in [4.78, 5) is 4.48. The van der Waals surface area contributed by atoms with Gasteiger partial charge >= 0.3 is 0 Å². The van der Waals surface area contributed by atoms with Crippen LogP contribution in [-0.2, 0) is 6.42 Å².